The molecule has 0 atom stereocenters. The Morgan fingerprint density at radius 1 is 0.958 bits per heavy atom. The van der Waals surface area contributed by atoms with Crippen LogP contribution in [0.2, 0.25) is 0 Å². The molecule has 0 unspecified atom stereocenters. The molecule has 1 aromatic rings. The summed E-state index contributed by atoms with van der Waals surface area (Å²) in [6.45, 7) is 15.0. The van der Waals surface area contributed by atoms with E-state index in [1.165, 1.54) is 12.1 Å². The van der Waals surface area contributed by atoms with Crippen molar-refractivity contribution in [1.29, 1.82) is 10.4 Å². The van der Waals surface area contributed by atoms with E-state index in [1.54, 1.807) is 36.4 Å². The zero-order valence-corrected chi connectivity index (χ0v) is 44.8. The van der Waals surface area contributed by atoms with E-state index in [4.69, 9.17) is 84.8 Å². The van der Waals surface area contributed by atoms with Crippen molar-refractivity contribution in [1.82, 2.24) is 0 Å². The van der Waals surface area contributed by atoms with Gasteiger partial charge in [0.05, 0.1) is 25.6 Å². The molecule has 0 saturated heterocycles. The minimum Gasteiger partial charge on any atom is -0.366 e. The third kappa shape index (κ3) is 55.6. The number of ketones is 2. The molecule has 2 rings (SSSR count). The fourth-order valence-electron chi connectivity index (χ4n) is 1.74. The van der Waals surface area contributed by atoms with E-state index >= 15 is 0 Å². The van der Waals surface area contributed by atoms with Crippen LogP contribution in [0, 0.1) is 16.5 Å². The maximum Gasteiger partial charge on any atom is 0.277 e. The Labute approximate surface area is 396 Å². The molecule has 1 aromatic carbocycles. The summed E-state index contributed by atoms with van der Waals surface area (Å²) in [6, 6.07) is 8.98. The number of fused-ring (bicyclic) bond motifs is 1. The summed E-state index contributed by atoms with van der Waals surface area (Å²) in [4.78, 5) is 42.1. The van der Waals surface area contributed by atoms with E-state index in [2.05, 4.69) is 111 Å². The SMILES string of the molecule is C=CCOC(=O)C=C.C=CCOCC=C.I.II.I[I-]I.N#CC(Cl)(Cl)Cl.N=PI.NC(=O)C(Cl)(Cl)Cl.O=C1CC(=O)c2ccccc21. The van der Waals surface area contributed by atoms with Crippen LogP contribution >= 0.6 is 196 Å². The van der Waals surface area contributed by atoms with E-state index in [0.29, 0.717) is 43.6 Å². The molecule has 0 saturated carbocycles. The Morgan fingerprint density at radius 2 is 1.25 bits per heavy atom. The van der Waals surface area contributed by atoms with Gasteiger partial charge in [-0.1, -0.05) is 125 Å². The molecule has 0 spiro atoms. The number of rotatable bonds is 7. The third-order valence-electron chi connectivity index (χ3n) is 3.24. The van der Waals surface area contributed by atoms with Gasteiger partial charge in [-0.3, -0.25) is 19.5 Å². The number of primary amides is 1. The monoisotopic (exact) mass is 1600 g/mol. The van der Waals surface area contributed by atoms with E-state index in [9.17, 15) is 19.2 Å². The van der Waals surface area contributed by atoms with Gasteiger partial charge in [0.15, 0.2) is 11.6 Å². The molecule has 0 bridgehead atoms. The topological polar surface area (TPSA) is 160 Å². The second-order valence-corrected chi connectivity index (χ2v) is 28.8. The first kappa shape index (κ1) is 65.7. The Hall–Kier alpha value is 2.86. The molecule has 0 fully saturated rings. The van der Waals surface area contributed by atoms with Gasteiger partial charge in [-0.2, -0.15) is 5.26 Å². The molecule has 0 aromatic heterocycles. The number of hydrogen-bond acceptors (Lipinski definition) is 8. The number of halogens is 13. The molecular formula is C25H28Cl6I7N3O6P-. The molecule has 1 amide bonds. The van der Waals surface area contributed by atoms with Gasteiger partial charge in [0.2, 0.25) is 0 Å². The Balaban J connectivity index is -0.0000000838. The van der Waals surface area contributed by atoms with Crippen LogP contribution < -0.4 is 19.0 Å². The number of carbonyl (C=O) groups is 4. The van der Waals surface area contributed by atoms with E-state index < -0.39 is 19.5 Å². The van der Waals surface area contributed by atoms with Gasteiger partial charge in [-0.25, -0.2) is 4.79 Å². The summed E-state index contributed by atoms with van der Waals surface area (Å²) in [5, 5.41) is 13.9. The van der Waals surface area contributed by atoms with Crippen LogP contribution in [0.5, 0.6) is 0 Å². The zero-order chi connectivity index (χ0) is 38.5. The summed E-state index contributed by atoms with van der Waals surface area (Å²) in [7, 11) is 0. The standard InChI is InChI=1S/C9H6O2.C6H8O2.C6H10O.C2H2Cl3NO.C2Cl3N.I3.I2.HINP.HI/c10-8-5-9(11)7-4-2-1-3-6(7)8;1-3-5-8-6(7)4-2;1-3-5-7-6-4-2;3-2(4,5)1(6)7;3-2(4,5)1-6;1-3-2;1-2;1-3-2;/h1-4H,5H2;3-4H,1-2,5H2;3-4H,1-2,5-6H2;(H2,6,7);;;;2H;1H/q;;;;;-1;;;. The first-order chi connectivity index (χ1) is 21.8. The van der Waals surface area contributed by atoms with Crippen molar-refractivity contribution in [3.63, 3.8) is 0 Å². The predicted molar refractivity (Wildman–Crippen MR) is 253 cm³/mol. The largest absolute Gasteiger partial charge is 0.366 e. The van der Waals surface area contributed by atoms with Gasteiger partial charge in [-0.15, -0.1) is 37.1 Å². The molecule has 0 aliphatic heterocycles. The molecule has 0 radical (unpaired) electrons. The van der Waals surface area contributed by atoms with E-state index in [0.717, 1.165) is 6.08 Å². The number of nitrogens with one attached hydrogen (secondary N) is 1. The smallest absolute Gasteiger partial charge is 0.277 e. The maximum absolute atomic E-state index is 11.1. The van der Waals surface area contributed by atoms with Gasteiger partial charge >= 0.3 is 56.5 Å². The van der Waals surface area contributed by atoms with Crippen LogP contribution in [-0.4, -0.2) is 50.8 Å². The number of nitriles is 1. The van der Waals surface area contributed by atoms with Crippen LogP contribution in [0.15, 0.2) is 74.9 Å². The van der Waals surface area contributed by atoms with Crippen molar-refractivity contribution in [2.75, 3.05) is 19.8 Å². The number of Topliss-reactive ketones (excluding diaryl/α,β-unsaturated/α-hetero) is 2. The van der Waals surface area contributed by atoms with E-state index in [-0.39, 0.29) is 48.6 Å². The van der Waals surface area contributed by atoms with Crippen LogP contribution in [0.3, 0.4) is 0 Å². The normalized spacial score (nSPS) is 9.88. The molecule has 276 valence electrons. The summed E-state index contributed by atoms with van der Waals surface area (Å²) < 4.78 is 5.68. The minimum absolute atomic E-state index is 0. The average molecular weight is 1600 g/mol. The summed E-state index contributed by atoms with van der Waals surface area (Å²) in [6.07, 6.45) is 6.09. The number of nitrogens with two attached hydrogens (primary N) is 1. The molecule has 9 nitrogen and oxygen atoms in total. The number of hydrogen-bond donors (Lipinski definition) is 2. The average Bonchev–Trinajstić information content (AvgIpc) is 3.31. The van der Waals surface area contributed by atoms with Crippen molar-refractivity contribution in [3.8, 4) is 6.07 Å². The number of alkyl halides is 6. The van der Waals surface area contributed by atoms with Crippen LogP contribution in [0.25, 0.3) is 0 Å². The summed E-state index contributed by atoms with van der Waals surface area (Å²) in [5.41, 5.74) is 5.70. The quantitative estimate of drug-likeness (QED) is 0.0402. The molecular weight excluding hydrogens is 1570 g/mol. The van der Waals surface area contributed by atoms with Crippen molar-refractivity contribution >= 4 is 220 Å². The Morgan fingerprint density at radius 3 is 1.46 bits per heavy atom. The van der Waals surface area contributed by atoms with Crippen LogP contribution in [-0.2, 0) is 19.1 Å². The minimum atomic E-state index is -1.94. The molecule has 1 aliphatic carbocycles. The van der Waals surface area contributed by atoms with E-state index in [1.807, 2.05) is 22.0 Å². The first-order valence-electron chi connectivity index (χ1n) is 11.0. The van der Waals surface area contributed by atoms with Crippen LogP contribution in [0.4, 0.5) is 0 Å². The second-order valence-electron chi connectivity index (χ2n) is 6.42. The molecule has 23 heteroatoms. The number of esters is 1. The van der Waals surface area contributed by atoms with Crippen LogP contribution in [0.1, 0.15) is 27.1 Å². The van der Waals surface area contributed by atoms with Crippen molar-refractivity contribution in [2.45, 2.75) is 14.0 Å². The zero-order valence-electron chi connectivity index (χ0n) is 24.1. The fraction of sp³-hybridized carbons (Fsp3) is 0.240. The Bertz CT molecular complexity index is 1090. The molecule has 3 N–H and O–H groups in total. The van der Waals surface area contributed by atoms with Gasteiger partial charge in [-0.05, 0) is 0 Å². The summed E-state index contributed by atoms with van der Waals surface area (Å²) in [5.74, 6) is -1.47. The Kier molecular flexibility index (Phi) is 65.6. The summed E-state index contributed by atoms with van der Waals surface area (Å²) >= 11 is 40.9. The molecule has 0 heterocycles. The predicted octanol–water partition coefficient (Wildman–Crippen LogP) is 9.66. The number of ether oxygens (including phenoxy) is 2. The number of carbonyl (C=O) groups excluding carboxylic acids is 4. The van der Waals surface area contributed by atoms with Crippen molar-refractivity contribution in [2.24, 2.45) is 5.73 Å². The number of benzene rings is 1. The van der Waals surface area contributed by atoms with Gasteiger partial charge in [0.25, 0.3) is 13.5 Å². The number of nitrogens with zero attached hydrogens (tertiary/aromatic N) is 1. The van der Waals surface area contributed by atoms with Gasteiger partial charge < -0.3 is 15.2 Å². The third-order valence-corrected chi connectivity index (χ3v) is 4.05. The number of amides is 1. The fourth-order valence-corrected chi connectivity index (χ4v) is 1.74. The second kappa shape index (κ2) is 47.9. The molecule has 48 heavy (non-hydrogen) atoms. The maximum atomic E-state index is 11.1. The van der Waals surface area contributed by atoms with Gasteiger partial charge in [0, 0.05) is 76.5 Å². The molecule has 1 aliphatic rings. The van der Waals surface area contributed by atoms with Gasteiger partial charge in [0.1, 0.15) is 12.7 Å². The van der Waals surface area contributed by atoms with Crippen molar-refractivity contribution < 1.29 is 41.9 Å². The van der Waals surface area contributed by atoms with Crippen molar-refractivity contribution in [3.05, 3.63) is 86.0 Å². The first-order valence-corrected chi connectivity index (χ1v) is 35.8.